The lowest BCUT2D eigenvalue weighted by Crippen LogP contribution is -2.35. The lowest BCUT2D eigenvalue weighted by molar-refractivity contribution is 0.286. The van der Waals surface area contributed by atoms with Crippen molar-refractivity contribution in [3.05, 3.63) is 34.7 Å². The number of rotatable bonds is 3. The van der Waals surface area contributed by atoms with Crippen molar-refractivity contribution < 1.29 is 0 Å². The summed E-state index contributed by atoms with van der Waals surface area (Å²) in [7, 11) is 0. The van der Waals surface area contributed by atoms with E-state index in [9.17, 15) is 0 Å². The van der Waals surface area contributed by atoms with Crippen molar-refractivity contribution in [3.63, 3.8) is 0 Å². The topological polar surface area (TPSA) is 12.0 Å². The molecular weight excluding hydrogens is 262 g/mol. The fourth-order valence-electron chi connectivity index (χ4n) is 3.62. The molecule has 2 heteroatoms. The Morgan fingerprint density at radius 2 is 2.05 bits per heavy atom. The van der Waals surface area contributed by atoms with Crippen molar-refractivity contribution in [1.29, 1.82) is 0 Å². The van der Waals surface area contributed by atoms with Crippen LogP contribution in [0, 0.1) is 12.8 Å². The molecule has 1 saturated carbocycles. The van der Waals surface area contributed by atoms with E-state index >= 15 is 0 Å². The van der Waals surface area contributed by atoms with Gasteiger partial charge in [-0.1, -0.05) is 38.0 Å². The van der Waals surface area contributed by atoms with E-state index in [0.717, 1.165) is 5.92 Å². The molecule has 1 aromatic heterocycles. The minimum Gasteiger partial charge on any atom is -0.307 e. The first kappa shape index (κ1) is 14.1. The van der Waals surface area contributed by atoms with E-state index in [1.807, 2.05) is 11.3 Å². The zero-order valence-corrected chi connectivity index (χ0v) is 13.6. The second kappa shape index (κ2) is 5.87. The molecule has 3 unspecified atom stereocenters. The van der Waals surface area contributed by atoms with E-state index in [4.69, 9.17) is 0 Å². The third kappa shape index (κ3) is 2.77. The normalized spacial score (nSPS) is 24.9. The van der Waals surface area contributed by atoms with Crippen molar-refractivity contribution >= 4 is 21.4 Å². The lowest BCUT2D eigenvalue weighted by atomic mass is 9.86. The Kier molecular flexibility index (Phi) is 4.13. The maximum atomic E-state index is 3.88. The van der Waals surface area contributed by atoms with E-state index in [1.165, 1.54) is 46.2 Å². The lowest BCUT2D eigenvalue weighted by Gasteiger charge is -2.30. The summed E-state index contributed by atoms with van der Waals surface area (Å²) < 4.78 is 1.42. The number of benzene rings is 1. The van der Waals surface area contributed by atoms with Crippen LogP contribution in [0.25, 0.3) is 10.1 Å². The fraction of sp³-hybridized carbons (Fsp3) is 0.556. The number of fused-ring (bicyclic) bond motifs is 1. The van der Waals surface area contributed by atoms with Gasteiger partial charge in [-0.3, -0.25) is 0 Å². The van der Waals surface area contributed by atoms with Crippen LogP contribution in [0.5, 0.6) is 0 Å². The fourth-order valence-corrected chi connectivity index (χ4v) is 4.84. The van der Waals surface area contributed by atoms with Crippen LogP contribution in [0.1, 0.15) is 56.0 Å². The molecule has 2 aromatic rings. The highest BCUT2D eigenvalue weighted by Gasteiger charge is 2.22. The van der Waals surface area contributed by atoms with Crippen LogP contribution in [0.3, 0.4) is 0 Å². The average Bonchev–Trinajstić information content (AvgIpc) is 2.77. The number of thiophene rings is 1. The maximum Gasteiger partial charge on any atom is 0.0391 e. The van der Waals surface area contributed by atoms with Gasteiger partial charge in [-0.05, 0) is 49.6 Å². The summed E-state index contributed by atoms with van der Waals surface area (Å²) in [5.74, 6) is 0.886. The summed E-state index contributed by atoms with van der Waals surface area (Å²) >= 11 is 1.96. The molecule has 3 rings (SSSR count). The molecule has 1 nitrogen and oxygen atoms in total. The molecular formula is C18H25NS. The predicted molar refractivity (Wildman–Crippen MR) is 89.5 cm³/mol. The highest BCUT2D eigenvalue weighted by Crippen LogP contribution is 2.35. The van der Waals surface area contributed by atoms with E-state index in [-0.39, 0.29) is 0 Å². The van der Waals surface area contributed by atoms with Gasteiger partial charge in [0.1, 0.15) is 0 Å². The largest absolute Gasteiger partial charge is 0.307 e. The highest BCUT2D eigenvalue weighted by molar-refractivity contribution is 7.19. The molecule has 0 amide bonds. The first-order chi connectivity index (χ1) is 9.65. The van der Waals surface area contributed by atoms with Gasteiger partial charge >= 0.3 is 0 Å². The molecule has 20 heavy (non-hydrogen) atoms. The standard InChI is InChI=1S/C18H25NS/c1-12-7-6-8-15(11-12)19-14(3)18-13(2)16-9-4-5-10-17(16)20-18/h4-5,9-10,12,14-15,19H,6-8,11H2,1-3H3. The van der Waals surface area contributed by atoms with Gasteiger partial charge in [0, 0.05) is 21.7 Å². The van der Waals surface area contributed by atoms with Crippen molar-refractivity contribution in [2.75, 3.05) is 0 Å². The highest BCUT2D eigenvalue weighted by atomic mass is 32.1. The van der Waals surface area contributed by atoms with E-state index < -0.39 is 0 Å². The van der Waals surface area contributed by atoms with E-state index in [1.54, 1.807) is 0 Å². The third-order valence-electron chi connectivity index (χ3n) is 4.70. The molecule has 0 saturated heterocycles. The quantitative estimate of drug-likeness (QED) is 0.792. The molecule has 1 aliphatic rings. The van der Waals surface area contributed by atoms with Gasteiger partial charge in [0.2, 0.25) is 0 Å². The summed E-state index contributed by atoms with van der Waals surface area (Å²) in [5.41, 5.74) is 1.47. The SMILES string of the molecule is Cc1c(C(C)NC2CCCC(C)C2)sc2ccccc12. The smallest absolute Gasteiger partial charge is 0.0391 e. The Hall–Kier alpha value is -0.860. The number of nitrogens with one attached hydrogen (secondary N) is 1. The maximum absolute atomic E-state index is 3.88. The number of hydrogen-bond acceptors (Lipinski definition) is 2. The van der Waals surface area contributed by atoms with Crippen LogP contribution in [0.2, 0.25) is 0 Å². The summed E-state index contributed by atoms with van der Waals surface area (Å²) in [5, 5.41) is 5.31. The van der Waals surface area contributed by atoms with Crippen LogP contribution < -0.4 is 5.32 Å². The Morgan fingerprint density at radius 3 is 2.80 bits per heavy atom. The van der Waals surface area contributed by atoms with Crippen LogP contribution >= 0.6 is 11.3 Å². The Labute approximate surface area is 126 Å². The van der Waals surface area contributed by atoms with Crippen molar-refractivity contribution in [3.8, 4) is 0 Å². The van der Waals surface area contributed by atoms with Crippen LogP contribution in [0.15, 0.2) is 24.3 Å². The van der Waals surface area contributed by atoms with Crippen molar-refractivity contribution in [2.24, 2.45) is 5.92 Å². The molecule has 1 fully saturated rings. The number of hydrogen-bond donors (Lipinski definition) is 1. The number of aryl methyl sites for hydroxylation is 1. The first-order valence-electron chi connectivity index (χ1n) is 7.89. The summed E-state index contributed by atoms with van der Waals surface area (Å²) in [6.07, 6.45) is 5.48. The summed E-state index contributed by atoms with van der Waals surface area (Å²) in [4.78, 5) is 1.52. The molecule has 1 heterocycles. The molecule has 1 aliphatic carbocycles. The minimum absolute atomic E-state index is 0.475. The molecule has 1 aromatic carbocycles. The van der Waals surface area contributed by atoms with Crippen LogP contribution in [-0.4, -0.2) is 6.04 Å². The summed E-state index contributed by atoms with van der Waals surface area (Å²) in [6, 6.07) is 9.96. The second-order valence-corrected chi connectivity index (χ2v) is 7.53. The predicted octanol–water partition coefficient (Wildman–Crippen LogP) is 5.44. The monoisotopic (exact) mass is 287 g/mol. The molecule has 0 spiro atoms. The average molecular weight is 287 g/mol. The van der Waals surface area contributed by atoms with Gasteiger partial charge in [-0.25, -0.2) is 0 Å². The zero-order valence-electron chi connectivity index (χ0n) is 12.8. The molecule has 0 radical (unpaired) electrons. The van der Waals surface area contributed by atoms with Gasteiger partial charge in [0.15, 0.2) is 0 Å². The molecule has 108 valence electrons. The third-order valence-corrected chi connectivity index (χ3v) is 6.15. The van der Waals surface area contributed by atoms with Gasteiger partial charge < -0.3 is 5.32 Å². The molecule has 0 aliphatic heterocycles. The van der Waals surface area contributed by atoms with E-state index in [2.05, 4.69) is 50.4 Å². The molecule has 3 atom stereocenters. The summed E-state index contributed by atoms with van der Waals surface area (Å²) in [6.45, 7) is 7.00. The van der Waals surface area contributed by atoms with Crippen LogP contribution in [0.4, 0.5) is 0 Å². The van der Waals surface area contributed by atoms with Crippen LogP contribution in [-0.2, 0) is 0 Å². The van der Waals surface area contributed by atoms with E-state index in [0.29, 0.717) is 12.1 Å². The Morgan fingerprint density at radius 1 is 1.25 bits per heavy atom. The van der Waals surface area contributed by atoms with Crippen molar-refractivity contribution in [2.45, 2.75) is 58.5 Å². The Bertz CT molecular complexity index is 586. The molecule has 0 bridgehead atoms. The molecule has 1 N–H and O–H groups in total. The van der Waals surface area contributed by atoms with Gasteiger partial charge in [-0.2, -0.15) is 0 Å². The van der Waals surface area contributed by atoms with Crippen molar-refractivity contribution in [1.82, 2.24) is 5.32 Å². The first-order valence-corrected chi connectivity index (χ1v) is 8.71. The minimum atomic E-state index is 0.475. The van der Waals surface area contributed by atoms with Gasteiger partial charge in [0.25, 0.3) is 0 Å². The van der Waals surface area contributed by atoms with Gasteiger partial charge in [-0.15, -0.1) is 11.3 Å². The second-order valence-electron chi connectivity index (χ2n) is 6.44. The van der Waals surface area contributed by atoms with Gasteiger partial charge in [0.05, 0.1) is 0 Å². The Balaban J connectivity index is 1.78. The zero-order chi connectivity index (χ0) is 14.1.